The van der Waals surface area contributed by atoms with Crippen molar-refractivity contribution >= 4 is 17.9 Å². The first-order valence-electron chi connectivity index (χ1n) is 6.39. The maximum atomic E-state index is 12.9. The number of allylic oxidation sites excluding steroid dienone is 1. The van der Waals surface area contributed by atoms with Gasteiger partial charge in [-0.15, -0.1) is 0 Å². The molecule has 0 saturated heterocycles. The number of halogens is 1. The Hall–Kier alpha value is -2.61. The van der Waals surface area contributed by atoms with E-state index in [1.807, 2.05) is 6.92 Å². The van der Waals surface area contributed by atoms with E-state index in [4.69, 9.17) is 4.74 Å². The van der Waals surface area contributed by atoms with Gasteiger partial charge in [-0.25, -0.2) is 4.39 Å². The Labute approximate surface area is 123 Å². The monoisotopic (exact) mass is 289 g/mol. The fraction of sp³-hybridized carbons (Fsp3) is 0.250. The summed E-state index contributed by atoms with van der Waals surface area (Å²) in [5, 5.41) is 2.48. The van der Waals surface area contributed by atoms with Crippen molar-refractivity contribution in [3.8, 4) is 11.8 Å². The van der Waals surface area contributed by atoms with E-state index in [0.29, 0.717) is 12.1 Å². The van der Waals surface area contributed by atoms with Crippen LogP contribution in [0.25, 0.3) is 0 Å². The zero-order valence-electron chi connectivity index (χ0n) is 11.7. The molecule has 5 heteroatoms. The lowest BCUT2D eigenvalue weighted by Gasteiger charge is -2.06. The average molecular weight is 289 g/mol. The third-order valence-corrected chi connectivity index (χ3v) is 2.49. The van der Waals surface area contributed by atoms with Gasteiger partial charge in [0.15, 0.2) is 12.4 Å². The van der Waals surface area contributed by atoms with Gasteiger partial charge >= 0.3 is 0 Å². The van der Waals surface area contributed by atoms with Crippen LogP contribution >= 0.6 is 0 Å². The predicted molar refractivity (Wildman–Crippen MR) is 77.7 cm³/mol. The number of hydrogen-bond donors (Lipinski definition) is 1. The summed E-state index contributed by atoms with van der Waals surface area (Å²) in [6, 6.07) is 5.52. The van der Waals surface area contributed by atoms with Crippen LogP contribution in [0, 0.1) is 23.6 Å². The number of aldehydes is 1. The van der Waals surface area contributed by atoms with Gasteiger partial charge in [0, 0.05) is 5.69 Å². The molecule has 0 fully saturated rings. The second-order valence-electron chi connectivity index (χ2n) is 4.19. The minimum Gasteiger partial charge on any atom is -0.476 e. The third-order valence-electron chi connectivity index (χ3n) is 2.49. The van der Waals surface area contributed by atoms with Crippen LogP contribution in [-0.4, -0.2) is 18.8 Å². The number of anilines is 1. The first kappa shape index (κ1) is 16.4. The Morgan fingerprint density at radius 2 is 2.33 bits per heavy atom. The summed E-state index contributed by atoms with van der Waals surface area (Å²) in [5.41, 5.74) is 0.340. The molecule has 0 heterocycles. The highest BCUT2D eigenvalue weighted by Gasteiger charge is 2.04. The topological polar surface area (TPSA) is 55.4 Å². The highest BCUT2D eigenvalue weighted by Crippen LogP contribution is 2.08. The molecule has 110 valence electrons. The third kappa shape index (κ3) is 6.39. The minimum atomic E-state index is -0.453. The van der Waals surface area contributed by atoms with Gasteiger partial charge in [-0.2, -0.15) is 0 Å². The van der Waals surface area contributed by atoms with Gasteiger partial charge in [-0.05, 0) is 37.1 Å². The molecule has 1 amide bonds. The summed E-state index contributed by atoms with van der Waals surface area (Å²) in [6.45, 7) is 5.08. The van der Waals surface area contributed by atoms with Crippen molar-refractivity contribution in [1.82, 2.24) is 0 Å². The Bertz CT molecular complexity index is 587. The lowest BCUT2D eigenvalue weighted by atomic mass is 10.1. The van der Waals surface area contributed by atoms with E-state index < -0.39 is 11.7 Å². The molecule has 1 unspecified atom stereocenters. The Kier molecular flexibility index (Phi) is 6.69. The van der Waals surface area contributed by atoms with Crippen molar-refractivity contribution in [2.75, 3.05) is 11.9 Å². The molecule has 0 spiro atoms. The van der Waals surface area contributed by atoms with Gasteiger partial charge in [-0.1, -0.05) is 18.9 Å². The molecule has 0 aromatic heterocycles. The van der Waals surface area contributed by atoms with Gasteiger partial charge < -0.3 is 14.8 Å². The van der Waals surface area contributed by atoms with E-state index in [9.17, 15) is 14.0 Å². The first-order chi connectivity index (χ1) is 10.0. The van der Waals surface area contributed by atoms with Crippen LogP contribution in [-0.2, 0) is 14.3 Å². The van der Waals surface area contributed by atoms with Gasteiger partial charge in [0.1, 0.15) is 12.1 Å². The normalized spacial score (nSPS) is 10.8. The van der Waals surface area contributed by atoms with E-state index in [2.05, 4.69) is 23.7 Å². The molecular weight excluding hydrogens is 273 g/mol. The largest absolute Gasteiger partial charge is 0.476 e. The molecule has 0 saturated carbocycles. The minimum absolute atomic E-state index is 0.102. The predicted octanol–water partition coefficient (Wildman–Crippen LogP) is 2.52. The van der Waals surface area contributed by atoms with Crippen LogP contribution < -0.4 is 5.32 Å². The standard InChI is InChI=1S/C16H16FNO3/c1-3-13(10-19)8-7-12(2)21-11-16(20)18-15-6-4-5-14(17)9-15/h4-6,9-10,13H,2-3,11H2,1H3,(H,18,20). The summed E-state index contributed by atoms with van der Waals surface area (Å²) in [7, 11) is 0. The van der Waals surface area contributed by atoms with E-state index in [1.165, 1.54) is 18.2 Å². The van der Waals surface area contributed by atoms with Gasteiger partial charge in [-0.3, -0.25) is 4.79 Å². The molecule has 4 nitrogen and oxygen atoms in total. The second kappa shape index (κ2) is 8.54. The van der Waals surface area contributed by atoms with Gasteiger partial charge in [0.25, 0.3) is 5.91 Å². The second-order valence-corrected chi connectivity index (χ2v) is 4.19. The summed E-state index contributed by atoms with van der Waals surface area (Å²) >= 11 is 0. The molecule has 0 radical (unpaired) electrons. The first-order valence-corrected chi connectivity index (χ1v) is 6.39. The number of benzene rings is 1. The number of rotatable bonds is 6. The number of carbonyl (C=O) groups is 2. The van der Waals surface area contributed by atoms with Crippen LogP contribution in [0.4, 0.5) is 10.1 Å². The fourth-order valence-corrected chi connectivity index (χ4v) is 1.36. The van der Waals surface area contributed by atoms with Gasteiger partial charge in [0.05, 0.1) is 5.92 Å². The summed E-state index contributed by atoms with van der Waals surface area (Å²) in [4.78, 5) is 22.2. The van der Waals surface area contributed by atoms with Crippen LogP contribution in [0.3, 0.4) is 0 Å². The van der Waals surface area contributed by atoms with Crippen molar-refractivity contribution in [3.63, 3.8) is 0 Å². The molecule has 1 aromatic rings. The summed E-state index contributed by atoms with van der Waals surface area (Å²) in [6.07, 6.45) is 1.35. The Balaban J connectivity index is 2.42. The number of carbonyl (C=O) groups excluding carboxylic acids is 2. The number of amides is 1. The Morgan fingerprint density at radius 3 is 2.95 bits per heavy atom. The van der Waals surface area contributed by atoms with E-state index in [1.54, 1.807) is 6.07 Å². The van der Waals surface area contributed by atoms with Crippen LogP contribution in [0.15, 0.2) is 36.6 Å². The number of ether oxygens (including phenoxy) is 1. The molecule has 1 aromatic carbocycles. The number of nitrogens with one attached hydrogen (secondary N) is 1. The highest BCUT2D eigenvalue weighted by atomic mass is 19.1. The molecule has 1 rings (SSSR count). The van der Waals surface area contributed by atoms with E-state index in [-0.39, 0.29) is 18.3 Å². The van der Waals surface area contributed by atoms with Crippen molar-refractivity contribution in [2.24, 2.45) is 5.92 Å². The SMILES string of the molecule is C=C(C#CC(C=O)CC)OCC(=O)Nc1cccc(F)c1. The quantitative estimate of drug-likeness (QED) is 0.497. The summed E-state index contributed by atoms with van der Waals surface area (Å²) in [5.74, 6) is 4.09. The molecule has 0 aliphatic heterocycles. The molecule has 0 aliphatic rings. The lowest BCUT2D eigenvalue weighted by Crippen LogP contribution is -2.17. The fourth-order valence-electron chi connectivity index (χ4n) is 1.36. The maximum absolute atomic E-state index is 12.9. The van der Waals surface area contributed by atoms with Crippen molar-refractivity contribution in [3.05, 3.63) is 42.4 Å². The molecule has 1 atom stereocenters. The van der Waals surface area contributed by atoms with Crippen LogP contribution in [0.5, 0.6) is 0 Å². The zero-order valence-corrected chi connectivity index (χ0v) is 11.7. The average Bonchev–Trinajstić information content (AvgIpc) is 2.46. The van der Waals surface area contributed by atoms with Gasteiger partial charge in [0.2, 0.25) is 0 Å². The molecule has 0 aliphatic carbocycles. The van der Waals surface area contributed by atoms with E-state index in [0.717, 1.165) is 6.29 Å². The molecule has 1 N–H and O–H groups in total. The van der Waals surface area contributed by atoms with Crippen molar-refractivity contribution in [2.45, 2.75) is 13.3 Å². The van der Waals surface area contributed by atoms with Crippen LogP contribution in [0.2, 0.25) is 0 Å². The smallest absolute Gasteiger partial charge is 0.262 e. The Morgan fingerprint density at radius 1 is 1.57 bits per heavy atom. The zero-order chi connectivity index (χ0) is 15.7. The lowest BCUT2D eigenvalue weighted by molar-refractivity contribution is -0.119. The van der Waals surface area contributed by atoms with Crippen molar-refractivity contribution in [1.29, 1.82) is 0 Å². The molecular formula is C16H16FNO3. The maximum Gasteiger partial charge on any atom is 0.262 e. The molecule has 21 heavy (non-hydrogen) atoms. The van der Waals surface area contributed by atoms with Crippen molar-refractivity contribution < 1.29 is 18.7 Å². The highest BCUT2D eigenvalue weighted by molar-refractivity contribution is 5.91. The number of hydrogen-bond acceptors (Lipinski definition) is 3. The van der Waals surface area contributed by atoms with E-state index >= 15 is 0 Å². The summed E-state index contributed by atoms with van der Waals surface area (Å²) < 4.78 is 18.0. The van der Waals surface area contributed by atoms with Crippen LogP contribution in [0.1, 0.15) is 13.3 Å². The molecule has 0 bridgehead atoms.